The molecule has 1 saturated heterocycles. The van der Waals surface area contributed by atoms with Crippen LogP contribution in [0.5, 0.6) is 0 Å². The Balaban J connectivity index is 1.26. The molecular formula is C23H27ClFN3O2. The average Bonchev–Trinajstić information content (AvgIpc) is 3.16. The van der Waals surface area contributed by atoms with Crippen molar-refractivity contribution in [2.45, 2.75) is 38.0 Å². The number of benzene rings is 2. The standard InChI is InChI=1S/C23H27ClFN3O2/c24-19-13-21-20(26-23(14-29)27-21)12-18(19)22(30)7-10-28-8-5-16(6-9-28)11-15-1-3-17(25)4-2-15/h1-4,12-14,16,22-23,26-27,30H,5-11H2. The van der Waals surface area contributed by atoms with Gasteiger partial charge in [-0.3, -0.25) is 4.79 Å². The molecule has 5 nitrogen and oxygen atoms in total. The number of nitrogens with one attached hydrogen (secondary N) is 2. The number of halogens is 2. The van der Waals surface area contributed by atoms with E-state index in [-0.39, 0.29) is 5.82 Å². The van der Waals surface area contributed by atoms with Gasteiger partial charge in [-0.25, -0.2) is 4.39 Å². The fourth-order valence-electron chi connectivity index (χ4n) is 4.35. The third kappa shape index (κ3) is 4.94. The molecule has 0 amide bonds. The van der Waals surface area contributed by atoms with Gasteiger partial charge in [-0.2, -0.15) is 0 Å². The third-order valence-corrected chi connectivity index (χ3v) is 6.44. The van der Waals surface area contributed by atoms with E-state index in [0.29, 0.717) is 22.9 Å². The molecule has 1 fully saturated rings. The smallest absolute Gasteiger partial charge is 0.162 e. The fourth-order valence-corrected chi connectivity index (χ4v) is 4.64. The average molecular weight is 432 g/mol. The van der Waals surface area contributed by atoms with Gasteiger partial charge in [0, 0.05) is 17.1 Å². The summed E-state index contributed by atoms with van der Waals surface area (Å²) in [5, 5.41) is 17.3. The Morgan fingerprint density at radius 1 is 1.17 bits per heavy atom. The van der Waals surface area contributed by atoms with Crippen molar-refractivity contribution < 1.29 is 14.3 Å². The lowest BCUT2D eigenvalue weighted by atomic mass is 9.90. The molecule has 0 spiro atoms. The second-order valence-corrected chi connectivity index (χ2v) is 8.65. The molecule has 2 aliphatic rings. The van der Waals surface area contributed by atoms with Crippen molar-refractivity contribution in [2.75, 3.05) is 30.3 Å². The van der Waals surface area contributed by atoms with Crippen molar-refractivity contribution in [1.82, 2.24) is 4.90 Å². The Hall–Kier alpha value is -2.15. The minimum atomic E-state index is -0.656. The van der Waals surface area contributed by atoms with Gasteiger partial charge in [0.1, 0.15) is 5.82 Å². The maximum absolute atomic E-state index is 13.1. The van der Waals surface area contributed by atoms with Crippen LogP contribution in [0.15, 0.2) is 36.4 Å². The highest BCUT2D eigenvalue weighted by Crippen LogP contribution is 2.37. The molecule has 2 aliphatic heterocycles. The maximum atomic E-state index is 13.1. The van der Waals surface area contributed by atoms with E-state index in [4.69, 9.17) is 11.6 Å². The number of likely N-dealkylation sites (tertiary alicyclic amines) is 1. The lowest BCUT2D eigenvalue weighted by molar-refractivity contribution is -0.107. The summed E-state index contributed by atoms with van der Waals surface area (Å²) in [6, 6.07) is 10.4. The molecule has 30 heavy (non-hydrogen) atoms. The summed E-state index contributed by atoms with van der Waals surface area (Å²) < 4.78 is 13.1. The van der Waals surface area contributed by atoms with Crippen molar-refractivity contribution in [3.05, 3.63) is 58.4 Å². The van der Waals surface area contributed by atoms with Crippen LogP contribution in [0.4, 0.5) is 15.8 Å². The highest BCUT2D eigenvalue weighted by molar-refractivity contribution is 6.32. The van der Waals surface area contributed by atoms with Crippen LogP contribution in [-0.2, 0) is 11.2 Å². The summed E-state index contributed by atoms with van der Waals surface area (Å²) in [7, 11) is 0. The van der Waals surface area contributed by atoms with Gasteiger partial charge in [0.2, 0.25) is 0 Å². The minimum Gasteiger partial charge on any atom is -0.388 e. The normalized spacial score (nSPS) is 20.3. The molecular weight excluding hydrogens is 405 g/mol. The summed E-state index contributed by atoms with van der Waals surface area (Å²) in [6.07, 6.45) is 3.49. The van der Waals surface area contributed by atoms with E-state index < -0.39 is 12.3 Å². The van der Waals surface area contributed by atoms with Crippen LogP contribution >= 0.6 is 11.6 Å². The number of carbonyl (C=O) groups is 1. The SMILES string of the molecule is O=CC1Nc2cc(Cl)c(C(O)CCN3CCC(Cc4ccc(F)cc4)CC3)cc2N1. The largest absolute Gasteiger partial charge is 0.388 e. The molecule has 4 rings (SSSR count). The third-order valence-electron chi connectivity index (χ3n) is 6.12. The summed E-state index contributed by atoms with van der Waals surface area (Å²) in [5.41, 5.74) is 3.43. The first-order chi connectivity index (χ1) is 14.5. The van der Waals surface area contributed by atoms with Gasteiger partial charge in [0.15, 0.2) is 12.5 Å². The van der Waals surface area contributed by atoms with E-state index in [9.17, 15) is 14.3 Å². The van der Waals surface area contributed by atoms with Gasteiger partial charge in [0.05, 0.1) is 17.5 Å². The quantitative estimate of drug-likeness (QED) is 0.573. The number of anilines is 2. The molecule has 2 unspecified atom stereocenters. The Labute approximate surface area is 181 Å². The molecule has 0 bridgehead atoms. The Kier molecular flexibility index (Phi) is 6.56. The molecule has 2 heterocycles. The van der Waals surface area contributed by atoms with Crippen LogP contribution in [0.25, 0.3) is 0 Å². The molecule has 0 aromatic heterocycles. The number of hydrogen-bond acceptors (Lipinski definition) is 5. The second kappa shape index (κ2) is 9.33. The predicted molar refractivity (Wildman–Crippen MR) is 117 cm³/mol. The monoisotopic (exact) mass is 431 g/mol. The highest BCUT2D eigenvalue weighted by Gasteiger charge is 2.24. The van der Waals surface area contributed by atoms with Crippen molar-refractivity contribution >= 4 is 29.3 Å². The van der Waals surface area contributed by atoms with Gasteiger partial charge in [-0.15, -0.1) is 0 Å². The van der Waals surface area contributed by atoms with Crippen molar-refractivity contribution in [3.63, 3.8) is 0 Å². The lowest BCUT2D eigenvalue weighted by Gasteiger charge is -2.32. The van der Waals surface area contributed by atoms with E-state index in [1.165, 1.54) is 17.7 Å². The number of hydrogen-bond donors (Lipinski definition) is 3. The van der Waals surface area contributed by atoms with Crippen LogP contribution in [0.3, 0.4) is 0 Å². The fraction of sp³-hybridized carbons (Fsp3) is 0.435. The first-order valence-electron chi connectivity index (χ1n) is 10.5. The zero-order valence-electron chi connectivity index (χ0n) is 16.8. The van der Waals surface area contributed by atoms with E-state index in [0.717, 1.165) is 56.6 Å². The van der Waals surface area contributed by atoms with Crippen molar-refractivity contribution in [3.8, 4) is 0 Å². The number of aliphatic hydroxyl groups is 1. The van der Waals surface area contributed by atoms with Crippen LogP contribution in [0, 0.1) is 11.7 Å². The van der Waals surface area contributed by atoms with Gasteiger partial charge in [0.25, 0.3) is 0 Å². The Morgan fingerprint density at radius 2 is 1.83 bits per heavy atom. The maximum Gasteiger partial charge on any atom is 0.162 e. The van der Waals surface area contributed by atoms with E-state index in [1.807, 2.05) is 18.2 Å². The molecule has 2 aromatic carbocycles. The van der Waals surface area contributed by atoms with Crippen molar-refractivity contribution in [2.24, 2.45) is 5.92 Å². The summed E-state index contributed by atoms with van der Waals surface area (Å²) in [5.74, 6) is 0.429. The molecule has 2 aromatic rings. The number of piperidine rings is 1. The van der Waals surface area contributed by atoms with Crippen LogP contribution in [0.1, 0.15) is 36.5 Å². The number of rotatable bonds is 7. The molecule has 0 aliphatic carbocycles. The topological polar surface area (TPSA) is 64.6 Å². The zero-order valence-corrected chi connectivity index (χ0v) is 17.5. The van der Waals surface area contributed by atoms with Gasteiger partial charge in [-0.05, 0) is 74.5 Å². The lowest BCUT2D eigenvalue weighted by Crippen LogP contribution is -2.35. The van der Waals surface area contributed by atoms with E-state index in [2.05, 4.69) is 15.5 Å². The summed E-state index contributed by atoms with van der Waals surface area (Å²) >= 11 is 6.37. The number of fused-ring (bicyclic) bond motifs is 1. The first kappa shape index (κ1) is 21.1. The second-order valence-electron chi connectivity index (χ2n) is 8.24. The molecule has 2 atom stereocenters. The van der Waals surface area contributed by atoms with Crippen LogP contribution in [0.2, 0.25) is 5.02 Å². The molecule has 7 heteroatoms. The van der Waals surface area contributed by atoms with Crippen molar-refractivity contribution in [1.29, 1.82) is 0 Å². The number of nitrogens with zero attached hydrogens (tertiary/aromatic N) is 1. The molecule has 0 saturated carbocycles. The Bertz CT molecular complexity index is 885. The van der Waals surface area contributed by atoms with Gasteiger partial charge < -0.3 is 20.6 Å². The first-order valence-corrected chi connectivity index (χ1v) is 10.9. The summed E-state index contributed by atoms with van der Waals surface area (Å²) in [4.78, 5) is 13.4. The molecule has 160 valence electrons. The van der Waals surface area contributed by atoms with Gasteiger partial charge in [-0.1, -0.05) is 23.7 Å². The zero-order chi connectivity index (χ0) is 21.1. The molecule has 3 N–H and O–H groups in total. The van der Waals surface area contributed by atoms with Gasteiger partial charge >= 0.3 is 0 Å². The number of carbonyl (C=O) groups excluding carboxylic acids is 1. The highest BCUT2D eigenvalue weighted by atomic mass is 35.5. The minimum absolute atomic E-state index is 0.189. The molecule has 0 radical (unpaired) electrons. The van der Waals surface area contributed by atoms with Crippen LogP contribution < -0.4 is 10.6 Å². The predicted octanol–water partition coefficient (Wildman–Crippen LogP) is 4.22. The summed E-state index contributed by atoms with van der Waals surface area (Å²) in [6.45, 7) is 2.81. The number of aliphatic hydroxyl groups excluding tert-OH is 1. The van der Waals surface area contributed by atoms with E-state index >= 15 is 0 Å². The van der Waals surface area contributed by atoms with Crippen LogP contribution in [-0.4, -0.2) is 42.1 Å². The van der Waals surface area contributed by atoms with E-state index in [1.54, 1.807) is 6.07 Å². The number of aldehydes is 1. The Morgan fingerprint density at radius 3 is 2.50 bits per heavy atom.